The molecule has 0 fully saturated rings. The molecule has 15 heavy (non-hydrogen) atoms. The fourth-order valence-electron chi connectivity index (χ4n) is 1.10. The Bertz CT molecular complexity index is 327. The molecule has 5 heteroatoms. The summed E-state index contributed by atoms with van der Waals surface area (Å²) in [5.74, 6) is 1.13. The molecular weight excluding hydrogens is 341 g/mol. The highest BCUT2D eigenvalue weighted by atomic mass is 127. The maximum absolute atomic E-state index is 11.7. The number of thiophene rings is 1. The predicted molar refractivity (Wildman–Crippen MR) is 77.0 cm³/mol. The Kier molecular flexibility index (Phi) is 5.99. The van der Waals surface area contributed by atoms with Gasteiger partial charge >= 0.3 is 0 Å². The van der Waals surface area contributed by atoms with Crippen LogP contribution in [-0.4, -0.2) is 24.0 Å². The largest absolute Gasteiger partial charge is 0.350 e. The summed E-state index contributed by atoms with van der Waals surface area (Å²) in [4.78, 5) is 11.7. The Morgan fingerprint density at radius 1 is 1.73 bits per heavy atom. The van der Waals surface area contributed by atoms with Crippen LogP contribution in [0.4, 0.5) is 0 Å². The van der Waals surface area contributed by atoms with Crippen LogP contribution >= 0.6 is 45.7 Å². The van der Waals surface area contributed by atoms with Crippen molar-refractivity contribution in [1.82, 2.24) is 5.32 Å². The van der Waals surface area contributed by atoms with E-state index in [-0.39, 0.29) is 11.9 Å². The molecule has 0 aliphatic carbocycles. The smallest absolute Gasteiger partial charge is 0.252 e. The first kappa shape index (κ1) is 13.3. The molecule has 84 valence electrons. The van der Waals surface area contributed by atoms with Crippen LogP contribution in [-0.2, 0) is 0 Å². The molecular formula is C10H14INOS2. The maximum atomic E-state index is 11.7. The number of amides is 1. The Hall–Kier alpha value is 0.250. The highest BCUT2D eigenvalue weighted by Gasteiger charge is 2.10. The van der Waals surface area contributed by atoms with Crippen LogP contribution in [0.25, 0.3) is 0 Å². The van der Waals surface area contributed by atoms with E-state index in [1.165, 1.54) is 0 Å². The van der Waals surface area contributed by atoms with Crippen molar-refractivity contribution in [3.05, 3.63) is 19.9 Å². The second kappa shape index (κ2) is 6.75. The minimum Gasteiger partial charge on any atom is -0.350 e. The number of thioether (sulfide) groups is 1. The van der Waals surface area contributed by atoms with E-state index in [0.29, 0.717) is 0 Å². The van der Waals surface area contributed by atoms with Crippen LogP contribution in [0.1, 0.15) is 23.7 Å². The minimum absolute atomic E-state index is 0.0442. The summed E-state index contributed by atoms with van der Waals surface area (Å²) in [6.45, 7) is 2.05. The van der Waals surface area contributed by atoms with Crippen molar-refractivity contribution in [2.75, 3.05) is 12.0 Å². The third-order valence-electron chi connectivity index (χ3n) is 1.96. The normalized spacial score (nSPS) is 12.5. The first-order chi connectivity index (χ1) is 7.13. The fourth-order valence-corrected chi connectivity index (χ4v) is 3.02. The van der Waals surface area contributed by atoms with Crippen molar-refractivity contribution in [1.29, 1.82) is 0 Å². The molecule has 0 saturated carbocycles. The first-order valence-electron chi connectivity index (χ1n) is 4.67. The minimum atomic E-state index is 0.0442. The lowest BCUT2D eigenvalue weighted by atomic mass is 10.2. The summed E-state index contributed by atoms with van der Waals surface area (Å²) >= 11 is 5.63. The van der Waals surface area contributed by atoms with Gasteiger partial charge in [-0.05, 0) is 54.0 Å². The van der Waals surface area contributed by atoms with Gasteiger partial charge in [-0.25, -0.2) is 0 Å². The topological polar surface area (TPSA) is 29.1 Å². The Morgan fingerprint density at radius 3 is 3.00 bits per heavy atom. The van der Waals surface area contributed by atoms with E-state index in [2.05, 4.69) is 34.2 Å². The van der Waals surface area contributed by atoms with Gasteiger partial charge in [-0.2, -0.15) is 11.8 Å². The molecule has 1 aromatic heterocycles. The Balaban J connectivity index is 2.42. The number of carbonyl (C=O) groups excluding carboxylic acids is 1. The fraction of sp³-hybridized carbons (Fsp3) is 0.500. The van der Waals surface area contributed by atoms with Crippen molar-refractivity contribution in [2.45, 2.75) is 19.4 Å². The van der Waals surface area contributed by atoms with E-state index >= 15 is 0 Å². The highest BCUT2D eigenvalue weighted by molar-refractivity contribution is 14.1. The number of hydrogen-bond donors (Lipinski definition) is 1. The average Bonchev–Trinajstić information content (AvgIpc) is 2.61. The van der Waals surface area contributed by atoms with Crippen LogP contribution < -0.4 is 5.32 Å². The van der Waals surface area contributed by atoms with Crippen molar-refractivity contribution < 1.29 is 4.79 Å². The van der Waals surface area contributed by atoms with E-state index < -0.39 is 0 Å². The van der Waals surface area contributed by atoms with Gasteiger partial charge in [0.05, 0.1) is 8.45 Å². The van der Waals surface area contributed by atoms with Gasteiger partial charge in [-0.1, -0.05) is 0 Å². The number of carbonyl (C=O) groups is 1. The van der Waals surface area contributed by atoms with E-state index in [1.54, 1.807) is 23.1 Å². The van der Waals surface area contributed by atoms with Gasteiger partial charge in [0.25, 0.3) is 5.91 Å². The number of halogens is 1. The van der Waals surface area contributed by atoms with Crippen molar-refractivity contribution in [3.8, 4) is 0 Å². The van der Waals surface area contributed by atoms with Gasteiger partial charge < -0.3 is 5.32 Å². The lowest BCUT2D eigenvalue weighted by Crippen LogP contribution is -2.32. The van der Waals surface area contributed by atoms with E-state index in [0.717, 1.165) is 20.6 Å². The lowest BCUT2D eigenvalue weighted by molar-refractivity contribution is 0.0940. The third kappa shape index (κ3) is 4.74. The van der Waals surface area contributed by atoms with E-state index in [9.17, 15) is 4.79 Å². The summed E-state index contributed by atoms with van der Waals surface area (Å²) in [5, 5.41) is 4.90. The second-order valence-corrected chi connectivity index (χ2v) is 7.09. The van der Waals surface area contributed by atoms with Gasteiger partial charge in [0.1, 0.15) is 0 Å². The van der Waals surface area contributed by atoms with Crippen molar-refractivity contribution >= 4 is 51.6 Å². The molecule has 1 aromatic rings. The molecule has 1 unspecified atom stereocenters. The highest BCUT2D eigenvalue weighted by Crippen LogP contribution is 2.16. The van der Waals surface area contributed by atoms with Crippen molar-refractivity contribution in [3.63, 3.8) is 0 Å². The Labute approximate surface area is 112 Å². The van der Waals surface area contributed by atoms with Gasteiger partial charge in [-0.3, -0.25) is 4.79 Å². The van der Waals surface area contributed by atoms with E-state index in [1.807, 2.05) is 18.4 Å². The van der Waals surface area contributed by atoms with Crippen LogP contribution in [0.15, 0.2) is 11.4 Å². The molecule has 2 nitrogen and oxygen atoms in total. The van der Waals surface area contributed by atoms with Crippen LogP contribution in [0.3, 0.4) is 0 Å². The molecule has 0 bridgehead atoms. The second-order valence-electron chi connectivity index (χ2n) is 3.30. The average molecular weight is 355 g/mol. The summed E-state index contributed by atoms with van der Waals surface area (Å²) in [6.07, 6.45) is 3.10. The zero-order valence-electron chi connectivity index (χ0n) is 8.75. The predicted octanol–water partition coefficient (Wildman–Crippen LogP) is 3.22. The molecule has 1 heterocycles. The molecule has 0 spiro atoms. The monoisotopic (exact) mass is 355 g/mol. The van der Waals surface area contributed by atoms with Gasteiger partial charge in [0.15, 0.2) is 0 Å². The quantitative estimate of drug-likeness (QED) is 0.822. The molecule has 0 aliphatic heterocycles. The third-order valence-corrected chi connectivity index (χ3v) is 4.40. The van der Waals surface area contributed by atoms with Crippen molar-refractivity contribution in [2.24, 2.45) is 0 Å². The molecule has 1 N–H and O–H groups in total. The molecule has 0 aromatic carbocycles. The first-order valence-corrected chi connectivity index (χ1v) is 8.02. The molecule has 1 amide bonds. The van der Waals surface area contributed by atoms with Crippen LogP contribution in [0.5, 0.6) is 0 Å². The van der Waals surface area contributed by atoms with Gasteiger partial charge in [0.2, 0.25) is 0 Å². The SMILES string of the molecule is CSCCC(C)NC(=O)c1csc(I)c1. The number of nitrogens with one attached hydrogen (secondary N) is 1. The van der Waals surface area contributed by atoms with Crippen LogP contribution in [0.2, 0.25) is 0 Å². The maximum Gasteiger partial charge on any atom is 0.252 e. The Morgan fingerprint density at radius 2 is 2.47 bits per heavy atom. The summed E-state index contributed by atoms with van der Waals surface area (Å²) < 4.78 is 1.15. The standard InChI is InChI=1S/C10H14INOS2/c1-7(3-4-14-2)12-10(13)8-5-9(11)15-6-8/h5-7H,3-4H2,1-2H3,(H,12,13). The molecule has 0 radical (unpaired) electrons. The van der Waals surface area contributed by atoms with E-state index in [4.69, 9.17) is 0 Å². The summed E-state index contributed by atoms with van der Waals surface area (Å²) in [7, 11) is 0. The number of rotatable bonds is 5. The molecule has 1 atom stereocenters. The summed E-state index contributed by atoms with van der Waals surface area (Å²) in [6, 6.07) is 2.17. The van der Waals surface area contributed by atoms with Gasteiger partial charge in [0, 0.05) is 11.4 Å². The molecule has 0 saturated heterocycles. The van der Waals surface area contributed by atoms with Gasteiger partial charge in [-0.15, -0.1) is 11.3 Å². The van der Waals surface area contributed by atoms with Crippen LogP contribution in [0, 0.1) is 2.88 Å². The molecule has 1 rings (SSSR count). The molecule has 0 aliphatic rings. The zero-order chi connectivity index (χ0) is 11.3. The number of hydrogen-bond acceptors (Lipinski definition) is 3. The lowest BCUT2D eigenvalue weighted by Gasteiger charge is -2.12. The zero-order valence-corrected chi connectivity index (χ0v) is 12.5. The summed E-state index contributed by atoms with van der Waals surface area (Å²) in [5.41, 5.74) is 0.778.